The SMILES string of the molecule is Cn1c(=O)c(-c2cc(C(=O)NC3CC3)ccc2Cl)cc2cnn(-c3c(F)cccc3F)c21. The van der Waals surface area contributed by atoms with Crippen molar-refractivity contribution in [3.63, 3.8) is 0 Å². The standard InChI is InChI=1S/C23H17ClF2N4O2/c1-29-22-13(11-27-30(22)20-18(25)3-2-4-19(20)26)10-16(23(29)32)15-9-12(5-8-17(15)24)21(31)28-14-6-7-14/h2-5,8-11,14H,6-7H2,1H3,(H,28,31). The van der Waals surface area contributed by atoms with Crippen molar-refractivity contribution in [1.29, 1.82) is 0 Å². The minimum absolute atomic E-state index is 0.190. The molecule has 1 amide bonds. The Balaban J connectivity index is 1.67. The Hall–Kier alpha value is -3.52. The number of fused-ring (bicyclic) bond motifs is 1. The molecular weight excluding hydrogens is 438 g/mol. The van der Waals surface area contributed by atoms with Crippen molar-refractivity contribution in [3.8, 4) is 16.8 Å². The van der Waals surface area contributed by atoms with Crippen molar-refractivity contribution >= 4 is 28.5 Å². The van der Waals surface area contributed by atoms with Gasteiger partial charge >= 0.3 is 0 Å². The molecule has 0 spiro atoms. The van der Waals surface area contributed by atoms with Gasteiger partial charge < -0.3 is 5.32 Å². The van der Waals surface area contributed by atoms with E-state index < -0.39 is 17.2 Å². The van der Waals surface area contributed by atoms with E-state index in [0.717, 1.165) is 29.7 Å². The lowest BCUT2D eigenvalue weighted by Gasteiger charge is -2.12. The number of nitrogens with one attached hydrogen (secondary N) is 1. The van der Waals surface area contributed by atoms with Gasteiger partial charge in [0.2, 0.25) is 0 Å². The number of carbonyl (C=O) groups is 1. The molecule has 1 fully saturated rings. The summed E-state index contributed by atoms with van der Waals surface area (Å²) in [6, 6.07) is 9.99. The fourth-order valence-corrected chi connectivity index (χ4v) is 3.92. The molecular formula is C23H17ClF2N4O2. The van der Waals surface area contributed by atoms with Gasteiger partial charge in [-0.3, -0.25) is 14.2 Å². The van der Waals surface area contributed by atoms with Gasteiger partial charge in [0, 0.05) is 40.2 Å². The van der Waals surface area contributed by atoms with Crippen LogP contribution < -0.4 is 10.9 Å². The number of benzene rings is 2. The molecule has 1 aliphatic carbocycles. The maximum absolute atomic E-state index is 14.3. The molecule has 0 aliphatic heterocycles. The number of rotatable bonds is 4. The summed E-state index contributed by atoms with van der Waals surface area (Å²) in [7, 11) is 1.49. The lowest BCUT2D eigenvalue weighted by Crippen LogP contribution is -2.25. The zero-order valence-corrected chi connectivity index (χ0v) is 17.7. The summed E-state index contributed by atoms with van der Waals surface area (Å²) >= 11 is 6.37. The smallest absolute Gasteiger partial charge is 0.259 e. The van der Waals surface area contributed by atoms with E-state index in [1.165, 1.54) is 23.9 Å². The molecule has 0 unspecified atom stereocenters. The second kappa shape index (κ2) is 7.56. The number of pyridine rings is 1. The monoisotopic (exact) mass is 454 g/mol. The zero-order valence-electron chi connectivity index (χ0n) is 16.9. The maximum atomic E-state index is 14.3. The van der Waals surface area contributed by atoms with Crippen molar-refractivity contribution in [1.82, 2.24) is 19.7 Å². The summed E-state index contributed by atoms with van der Waals surface area (Å²) < 4.78 is 31.0. The van der Waals surface area contributed by atoms with Gasteiger partial charge in [-0.25, -0.2) is 13.5 Å². The average Bonchev–Trinajstić information content (AvgIpc) is 3.48. The highest BCUT2D eigenvalue weighted by atomic mass is 35.5. The molecule has 6 nitrogen and oxygen atoms in total. The van der Waals surface area contributed by atoms with Gasteiger partial charge in [-0.2, -0.15) is 5.10 Å². The van der Waals surface area contributed by atoms with Crippen molar-refractivity contribution in [3.05, 3.63) is 81.2 Å². The minimum Gasteiger partial charge on any atom is -0.349 e. The second-order valence-electron chi connectivity index (χ2n) is 7.77. The van der Waals surface area contributed by atoms with Crippen LogP contribution in [0.5, 0.6) is 0 Å². The third-order valence-corrected chi connectivity index (χ3v) is 5.83. The van der Waals surface area contributed by atoms with Gasteiger partial charge in [-0.1, -0.05) is 17.7 Å². The lowest BCUT2D eigenvalue weighted by molar-refractivity contribution is 0.0951. The zero-order chi connectivity index (χ0) is 22.6. The molecule has 1 N–H and O–H groups in total. The Bertz CT molecular complexity index is 1440. The first-order chi connectivity index (χ1) is 15.3. The summed E-state index contributed by atoms with van der Waals surface area (Å²) in [5.74, 6) is -1.83. The van der Waals surface area contributed by atoms with Gasteiger partial charge in [0.05, 0.1) is 6.20 Å². The first kappa shape index (κ1) is 20.4. The van der Waals surface area contributed by atoms with Crippen LogP contribution in [0, 0.1) is 11.6 Å². The van der Waals surface area contributed by atoms with Crippen LogP contribution in [0.2, 0.25) is 5.02 Å². The Labute approximate surface area is 186 Å². The van der Waals surface area contributed by atoms with E-state index in [1.807, 2.05) is 0 Å². The number of amides is 1. The van der Waals surface area contributed by atoms with Gasteiger partial charge in [-0.15, -0.1) is 0 Å². The third kappa shape index (κ3) is 3.36. The van der Waals surface area contributed by atoms with Crippen LogP contribution in [0.3, 0.4) is 0 Å². The van der Waals surface area contributed by atoms with E-state index in [9.17, 15) is 18.4 Å². The van der Waals surface area contributed by atoms with Gasteiger partial charge in [-0.05, 0) is 49.2 Å². The Morgan fingerprint density at radius 3 is 2.53 bits per heavy atom. The van der Waals surface area contributed by atoms with Gasteiger partial charge in [0.25, 0.3) is 11.5 Å². The molecule has 0 bridgehead atoms. The molecule has 162 valence electrons. The number of nitrogens with zero attached hydrogens (tertiary/aromatic N) is 3. The highest BCUT2D eigenvalue weighted by molar-refractivity contribution is 6.33. The topological polar surface area (TPSA) is 68.9 Å². The molecule has 32 heavy (non-hydrogen) atoms. The number of hydrogen-bond acceptors (Lipinski definition) is 3. The average molecular weight is 455 g/mol. The first-order valence-corrected chi connectivity index (χ1v) is 10.4. The van der Waals surface area contributed by atoms with Crippen molar-refractivity contribution in [2.75, 3.05) is 0 Å². The molecule has 4 aromatic rings. The van der Waals surface area contributed by atoms with Crippen LogP contribution in [0.4, 0.5) is 8.78 Å². The lowest BCUT2D eigenvalue weighted by atomic mass is 10.0. The molecule has 0 saturated heterocycles. The van der Waals surface area contributed by atoms with E-state index in [1.54, 1.807) is 24.3 Å². The molecule has 2 aromatic heterocycles. The number of hydrogen-bond donors (Lipinski definition) is 1. The van der Waals surface area contributed by atoms with Crippen LogP contribution in [0.15, 0.2) is 53.5 Å². The van der Waals surface area contributed by atoms with E-state index >= 15 is 0 Å². The molecule has 2 aromatic carbocycles. The number of halogens is 3. The molecule has 0 radical (unpaired) electrons. The van der Waals surface area contributed by atoms with Gasteiger partial charge in [0.1, 0.15) is 11.3 Å². The quantitative estimate of drug-likeness (QED) is 0.502. The van der Waals surface area contributed by atoms with E-state index in [0.29, 0.717) is 21.5 Å². The summed E-state index contributed by atoms with van der Waals surface area (Å²) in [6.07, 6.45) is 3.33. The largest absolute Gasteiger partial charge is 0.349 e. The minimum atomic E-state index is -0.802. The number of aryl methyl sites for hydroxylation is 1. The molecule has 9 heteroatoms. The van der Waals surface area contributed by atoms with E-state index in [2.05, 4.69) is 10.4 Å². The third-order valence-electron chi connectivity index (χ3n) is 5.50. The predicted molar refractivity (Wildman–Crippen MR) is 117 cm³/mol. The van der Waals surface area contributed by atoms with Crippen LogP contribution in [0.25, 0.3) is 27.8 Å². The molecule has 5 rings (SSSR count). The van der Waals surface area contributed by atoms with E-state index in [4.69, 9.17) is 11.6 Å². The molecule has 1 saturated carbocycles. The fourth-order valence-electron chi connectivity index (χ4n) is 3.70. The maximum Gasteiger partial charge on any atom is 0.259 e. The summed E-state index contributed by atoms with van der Waals surface area (Å²) in [5, 5.41) is 7.80. The molecule has 2 heterocycles. The van der Waals surface area contributed by atoms with Crippen LogP contribution in [0.1, 0.15) is 23.2 Å². The number of para-hydroxylation sites is 1. The summed E-state index contributed by atoms with van der Waals surface area (Å²) in [4.78, 5) is 25.7. The highest BCUT2D eigenvalue weighted by Crippen LogP contribution is 2.30. The number of carbonyl (C=O) groups excluding carboxylic acids is 1. The Morgan fingerprint density at radius 2 is 1.84 bits per heavy atom. The van der Waals surface area contributed by atoms with Crippen LogP contribution in [-0.2, 0) is 7.05 Å². The first-order valence-electron chi connectivity index (χ1n) is 9.98. The van der Waals surface area contributed by atoms with Gasteiger partial charge in [0.15, 0.2) is 11.6 Å². The normalized spacial score (nSPS) is 13.5. The molecule has 1 aliphatic rings. The summed E-state index contributed by atoms with van der Waals surface area (Å²) in [6.45, 7) is 0. The Kier molecular flexibility index (Phi) is 4.82. The van der Waals surface area contributed by atoms with Crippen molar-refractivity contribution in [2.24, 2.45) is 7.05 Å². The fraction of sp³-hybridized carbons (Fsp3) is 0.174. The highest BCUT2D eigenvalue weighted by Gasteiger charge is 2.25. The van der Waals surface area contributed by atoms with Crippen molar-refractivity contribution < 1.29 is 13.6 Å². The van der Waals surface area contributed by atoms with Crippen LogP contribution >= 0.6 is 11.6 Å². The van der Waals surface area contributed by atoms with Crippen LogP contribution in [-0.4, -0.2) is 26.3 Å². The second-order valence-corrected chi connectivity index (χ2v) is 8.18. The predicted octanol–water partition coefficient (Wildman–Crippen LogP) is 4.22. The number of aromatic nitrogens is 3. The summed E-state index contributed by atoms with van der Waals surface area (Å²) in [5.41, 5.74) is 0.436. The van der Waals surface area contributed by atoms with E-state index in [-0.39, 0.29) is 28.8 Å². The molecule has 0 atom stereocenters. The Morgan fingerprint density at radius 1 is 1.12 bits per heavy atom. The van der Waals surface area contributed by atoms with Crippen molar-refractivity contribution in [2.45, 2.75) is 18.9 Å².